The van der Waals surface area contributed by atoms with E-state index in [1.54, 1.807) is 0 Å². The average Bonchev–Trinajstić information content (AvgIpc) is 2.93. The Hall–Kier alpha value is -0.0800. The molecule has 6 heteroatoms. The molecule has 0 amide bonds. The molecule has 2 rings (SSSR count). The van der Waals surface area contributed by atoms with E-state index in [4.69, 9.17) is 9.73 Å². The van der Waals surface area contributed by atoms with Gasteiger partial charge in [0.15, 0.2) is 5.96 Å². The van der Waals surface area contributed by atoms with Gasteiger partial charge >= 0.3 is 0 Å². The molecule has 1 N–H and O–H groups in total. The lowest BCUT2D eigenvalue weighted by atomic mass is 10.4. The summed E-state index contributed by atoms with van der Waals surface area (Å²) in [6.07, 6.45) is 2.60. The van der Waals surface area contributed by atoms with Crippen LogP contribution in [-0.2, 0) is 4.74 Å². The number of hydrogen-bond donors (Lipinski definition) is 1. The molecule has 0 saturated carbocycles. The summed E-state index contributed by atoms with van der Waals surface area (Å²) in [4.78, 5) is 9.55. The molecule has 0 bridgehead atoms. The number of morpholine rings is 1. The molecule has 0 radical (unpaired) electrons. The Kier molecular flexibility index (Phi) is 8.72. The number of ether oxygens (including phenoxy) is 1. The zero-order chi connectivity index (χ0) is 12.6. The van der Waals surface area contributed by atoms with Gasteiger partial charge in [-0.25, -0.2) is 0 Å². The molecule has 0 aromatic carbocycles. The summed E-state index contributed by atoms with van der Waals surface area (Å²) in [7, 11) is 0. The van der Waals surface area contributed by atoms with E-state index in [-0.39, 0.29) is 24.0 Å². The molecule has 0 aliphatic carbocycles. The highest BCUT2D eigenvalue weighted by atomic mass is 127. The average molecular weight is 382 g/mol. The van der Waals surface area contributed by atoms with Crippen molar-refractivity contribution in [3.63, 3.8) is 0 Å². The van der Waals surface area contributed by atoms with Gasteiger partial charge in [0.25, 0.3) is 0 Å². The van der Waals surface area contributed by atoms with Crippen LogP contribution in [0.15, 0.2) is 4.99 Å². The standard InChI is InChI=1S/C13H26N4O.HI/c1-2-14-13(17-6-3-4-7-17)15-5-8-16-9-11-18-12-10-16;/h2-12H2,1H3,(H,14,15);1H. The zero-order valence-electron chi connectivity index (χ0n) is 11.9. The van der Waals surface area contributed by atoms with E-state index in [1.807, 2.05) is 0 Å². The number of likely N-dealkylation sites (tertiary alicyclic amines) is 1. The largest absolute Gasteiger partial charge is 0.379 e. The summed E-state index contributed by atoms with van der Waals surface area (Å²) >= 11 is 0. The van der Waals surface area contributed by atoms with Gasteiger partial charge < -0.3 is 15.0 Å². The van der Waals surface area contributed by atoms with Crippen LogP contribution in [0.25, 0.3) is 0 Å². The van der Waals surface area contributed by atoms with Gasteiger partial charge in [0, 0.05) is 39.3 Å². The van der Waals surface area contributed by atoms with Crippen LogP contribution in [0.2, 0.25) is 0 Å². The predicted molar refractivity (Wildman–Crippen MR) is 89.5 cm³/mol. The van der Waals surface area contributed by atoms with Crippen LogP contribution in [-0.4, -0.2) is 74.8 Å². The first kappa shape index (κ1) is 17.0. The second-order valence-corrected chi connectivity index (χ2v) is 4.88. The second-order valence-electron chi connectivity index (χ2n) is 4.88. The van der Waals surface area contributed by atoms with E-state index in [1.165, 1.54) is 12.8 Å². The number of rotatable bonds is 4. The van der Waals surface area contributed by atoms with Crippen LogP contribution in [0.5, 0.6) is 0 Å². The third kappa shape index (κ3) is 5.83. The highest BCUT2D eigenvalue weighted by Crippen LogP contribution is 2.07. The van der Waals surface area contributed by atoms with Crippen LogP contribution < -0.4 is 5.32 Å². The zero-order valence-corrected chi connectivity index (χ0v) is 14.3. The van der Waals surface area contributed by atoms with E-state index in [0.717, 1.165) is 65.0 Å². The Morgan fingerprint density at radius 3 is 2.47 bits per heavy atom. The van der Waals surface area contributed by atoms with Gasteiger partial charge in [-0.1, -0.05) is 0 Å². The number of nitrogens with zero attached hydrogens (tertiary/aromatic N) is 3. The van der Waals surface area contributed by atoms with Crippen LogP contribution in [0, 0.1) is 0 Å². The summed E-state index contributed by atoms with van der Waals surface area (Å²) in [5.74, 6) is 1.10. The summed E-state index contributed by atoms with van der Waals surface area (Å²) in [6, 6.07) is 0. The molecular weight excluding hydrogens is 355 g/mol. The molecule has 2 saturated heterocycles. The van der Waals surface area contributed by atoms with Gasteiger partial charge in [0.05, 0.1) is 19.8 Å². The smallest absolute Gasteiger partial charge is 0.193 e. The first-order valence-corrected chi connectivity index (χ1v) is 7.23. The summed E-state index contributed by atoms with van der Waals surface area (Å²) in [5.41, 5.74) is 0. The lowest BCUT2D eigenvalue weighted by Crippen LogP contribution is -2.41. The third-order valence-corrected chi connectivity index (χ3v) is 3.52. The van der Waals surface area contributed by atoms with Crippen molar-refractivity contribution in [2.45, 2.75) is 19.8 Å². The molecule has 112 valence electrons. The van der Waals surface area contributed by atoms with Crippen molar-refractivity contribution in [3.8, 4) is 0 Å². The monoisotopic (exact) mass is 382 g/mol. The van der Waals surface area contributed by atoms with E-state index < -0.39 is 0 Å². The highest BCUT2D eigenvalue weighted by Gasteiger charge is 2.15. The summed E-state index contributed by atoms with van der Waals surface area (Å²) in [6.45, 7) is 11.2. The van der Waals surface area contributed by atoms with E-state index in [2.05, 4.69) is 22.0 Å². The second kappa shape index (κ2) is 9.77. The highest BCUT2D eigenvalue weighted by molar-refractivity contribution is 14.0. The van der Waals surface area contributed by atoms with Gasteiger partial charge in [-0.2, -0.15) is 0 Å². The van der Waals surface area contributed by atoms with Gasteiger partial charge in [-0.3, -0.25) is 9.89 Å². The summed E-state index contributed by atoms with van der Waals surface area (Å²) in [5, 5.41) is 3.39. The van der Waals surface area contributed by atoms with Gasteiger partial charge in [0.2, 0.25) is 0 Å². The first-order valence-electron chi connectivity index (χ1n) is 7.23. The Bertz CT molecular complexity index is 263. The fraction of sp³-hybridized carbons (Fsp3) is 0.923. The molecule has 2 aliphatic heterocycles. The molecule has 0 unspecified atom stereocenters. The molecule has 19 heavy (non-hydrogen) atoms. The van der Waals surface area contributed by atoms with Crippen LogP contribution >= 0.6 is 24.0 Å². The number of aliphatic imine (C=N–C) groups is 1. The maximum absolute atomic E-state index is 5.35. The van der Waals surface area contributed by atoms with Gasteiger partial charge in [-0.05, 0) is 19.8 Å². The normalized spacial score (nSPS) is 21.3. The molecule has 0 aromatic rings. The minimum absolute atomic E-state index is 0. The van der Waals surface area contributed by atoms with Crippen molar-refractivity contribution in [2.24, 2.45) is 4.99 Å². The maximum atomic E-state index is 5.35. The SMILES string of the molecule is CCNC(=NCCN1CCOCC1)N1CCCC1.I. The Balaban J connectivity index is 0.00000180. The molecule has 2 fully saturated rings. The fourth-order valence-corrected chi connectivity index (χ4v) is 2.48. The lowest BCUT2D eigenvalue weighted by molar-refractivity contribution is 0.0394. The lowest BCUT2D eigenvalue weighted by Gasteiger charge is -2.26. The predicted octanol–water partition coefficient (Wildman–Crippen LogP) is 0.998. The summed E-state index contributed by atoms with van der Waals surface area (Å²) < 4.78 is 5.35. The molecule has 5 nitrogen and oxygen atoms in total. The van der Waals surface area contributed by atoms with E-state index >= 15 is 0 Å². The number of nitrogens with one attached hydrogen (secondary N) is 1. The molecule has 2 aliphatic rings. The van der Waals surface area contributed by atoms with Crippen molar-refractivity contribution in [1.82, 2.24) is 15.1 Å². The first-order chi connectivity index (χ1) is 8.90. The van der Waals surface area contributed by atoms with Crippen LogP contribution in [0.4, 0.5) is 0 Å². The third-order valence-electron chi connectivity index (χ3n) is 3.52. The van der Waals surface area contributed by atoms with E-state index in [9.17, 15) is 0 Å². The minimum Gasteiger partial charge on any atom is -0.379 e. The van der Waals surface area contributed by atoms with Crippen LogP contribution in [0.3, 0.4) is 0 Å². The maximum Gasteiger partial charge on any atom is 0.193 e. The molecule has 2 heterocycles. The fourth-order valence-electron chi connectivity index (χ4n) is 2.48. The van der Waals surface area contributed by atoms with Crippen molar-refractivity contribution in [2.75, 3.05) is 59.0 Å². The van der Waals surface area contributed by atoms with Gasteiger partial charge in [0.1, 0.15) is 0 Å². The number of hydrogen-bond acceptors (Lipinski definition) is 3. The van der Waals surface area contributed by atoms with Crippen molar-refractivity contribution < 1.29 is 4.74 Å². The number of guanidine groups is 1. The molecule has 0 spiro atoms. The minimum atomic E-state index is 0. The number of halogens is 1. The Morgan fingerprint density at radius 2 is 1.84 bits per heavy atom. The van der Waals surface area contributed by atoms with Crippen molar-refractivity contribution in [3.05, 3.63) is 0 Å². The molecule has 0 atom stereocenters. The van der Waals surface area contributed by atoms with Crippen LogP contribution in [0.1, 0.15) is 19.8 Å². The van der Waals surface area contributed by atoms with Crippen molar-refractivity contribution in [1.29, 1.82) is 0 Å². The molecule has 0 aromatic heterocycles. The molecular formula is C13H27IN4O. The topological polar surface area (TPSA) is 40.1 Å². The quantitative estimate of drug-likeness (QED) is 0.448. The van der Waals surface area contributed by atoms with Crippen molar-refractivity contribution >= 4 is 29.9 Å². The Morgan fingerprint density at radius 1 is 1.16 bits per heavy atom. The van der Waals surface area contributed by atoms with Gasteiger partial charge in [-0.15, -0.1) is 24.0 Å². The Labute approximate surface area is 133 Å². The van der Waals surface area contributed by atoms with E-state index in [0.29, 0.717) is 0 Å².